The zero-order valence-corrected chi connectivity index (χ0v) is 19.3. The van der Waals surface area contributed by atoms with E-state index in [0.29, 0.717) is 0 Å². The molecule has 0 bridgehead atoms. The van der Waals surface area contributed by atoms with Crippen LogP contribution in [0.15, 0.2) is 60.6 Å². The third-order valence-corrected chi connectivity index (χ3v) is 9.85. The van der Waals surface area contributed by atoms with Crippen LogP contribution < -0.4 is 5.19 Å². The lowest BCUT2D eigenvalue weighted by atomic mass is 9.88. The molecule has 2 aromatic rings. The first-order valence-electron chi connectivity index (χ1n) is 10.1. The van der Waals surface area contributed by atoms with Crippen molar-refractivity contribution in [1.29, 1.82) is 0 Å². The van der Waals surface area contributed by atoms with Crippen molar-refractivity contribution in [3.63, 3.8) is 0 Å². The van der Waals surface area contributed by atoms with Gasteiger partial charge in [0.15, 0.2) is 0 Å². The third kappa shape index (κ3) is 4.43. The molecule has 1 fully saturated rings. The van der Waals surface area contributed by atoms with Gasteiger partial charge < -0.3 is 9.31 Å². The highest BCUT2D eigenvalue weighted by Gasteiger charge is 2.50. The van der Waals surface area contributed by atoms with E-state index < -0.39 is 38.1 Å². The van der Waals surface area contributed by atoms with Crippen LogP contribution in [0.25, 0.3) is 5.20 Å². The van der Waals surface area contributed by atoms with E-state index in [1.165, 1.54) is 5.19 Å². The first-order chi connectivity index (χ1) is 13.7. The van der Waals surface area contributed by atoms with E-state index in [4.69, 9.17) is 9.31 Å². The van der Waals surface area contributed by atoms with Crippen molar-refractivity contribution in [1.82, 2.24) is 0 Å². The Morgan fingerprint density at radius 3 is 1.83 bits per heavy atom. The quantitative estimate of drug-likeness (QED) is 0.563. The first-order valence-corrected chi connectivity index (χ1v) is 13.1. The highest BCUT2D eigenvalue weighted by atomic mass is 28.3. The largest absolute Gasteiger partial charge is 0.487 e. The van der Waals surface area contributed by atoms with Crippen molar-refractivity contribution in [2.75, 3.05) is 0 Å². The van der Waals surface area contributed by atoms with E-state index in [2.05, 4.69) is 25.2 Å². The van der Waals surface area contributed by atoms with Gasteiger partial charge in [-0.1, -0.05) is 71.9 Å². The van der Waals surface area contributed by atoms with E-state index in [1.807, 2.05) is 51.9 Å². The van der Waals surface area contributed by atoms with Gasteiger partial charge in [0.2, 0.25) is 0 Å². The minimum atomic E-state index is -4.36. The van der Waals surface area contributed by atoms with Crippen LogP contribution in [0.5, 0.6) is 0 Å². The number of halogens is 3. The molecule has 3 rings (SSSR count). The Bertz CT molecular complexity index is 904. The molecule has 1 saturated heterocycles. The van der Waals surface area contributed by atoms with Gasteiger partial charge in [-0.15, -0.1) is 0 Å². The van der Waals surface area contributed by atoms with Crippen molar-refractivity contribution in [3.05, 3.63) is 71.7 Å². The summed E-state index contributed by atoms with van der Waals surface area (Å²) in [6, 6.07) is 15.5. The fourth-order valence-corrected chi connectivity index (χ4v) is 6.39. The van der Waals surface area contributed by atoms with E-state index in [9.17, 15) is 13.2 Å². The van der Waals surface area contributed by atoms with Crippen molar-refractivity contribution >= 4 is 25.6 Å². The van der Waals surface area contributed by atoms with Crippen LogP contribution in [0.4, 0.5) is 13.2 Å². The molecule has 0 aromatic heterocycles. The molecule has 0 radical (unpaired) electrons. The van der Waals surface area contributed by atoms with Gasteiger partial charge in [-0.05, 0) is 45.4 Å². The van der Waals surface area contributed by atoms with Gasteiger partial charge in [0, 0.05) is 0 Å². The summed E-state index contributed by atoms with van der Waals surface area (Å²) in [5, 5.41) is 2.17. The maximum Gasteiger partial charge on any atom is 0.487 e. The van der Waals surface area contributed by atoms with E-state index in [1.54, 1.807) is 12.1 Å². The second-order valence-electron chi connectivity index (χ2n) is 9.27. The summed E-state index contributed by atoms with van der Waals surface area (Å²) >= 11 is 0. The molecule has 0 amide bonds. The lowest BCUT2D eigenvalue weighted by Gasteiger charge is -2.32. The Morgan fingerprint density at radius 2 is 1.37 bits per heavy atom. The molecule has 0 aliphatic carbocycles. The molecule has 2 aromatic carbocycles. The Kier molecular flexibility index (Phi) is 5.86. The Balaban J connectivity index is 2.08. The molecule has 0 spiro atoms. The number of rotatable bonds is 4. The predicted molar refractivity (Wildman–Crippen MR) is 119 cm³/mol. The average molecular weight is 432 g/mol. The average Bonchev–Trinajstić information content (AvgIpc) is 2.86. The third-order valence-electron chi connectivity index (χ3n) is 6.27. The normalized spacial score (nSPS) is 19.2. The van der Waals surface area contributed by atoms with Gasteiger partial charge >= 0.3 is 13.3 Å². The molecule has 30 heavy (non-hydrogen) atoms. The van der Waals surface area contributed by atoms with Gasteiger partial charge in [-0.2, -0.15) is 13.2 Å². The molecule has 0 atom stereocenters. The molecular weight excluding hydrogens is 404 g/mol. The molecule has 1 aliphatic heterocycles. The minimum Gasteiger partial charge on any atom is -0.400 e. The lowest BCUT2D eigenvalue weighted by Crippen LogP contribution is -2.43. The lowest BCUT2D eigenvalue weighted by molar-refractivity contribution is -0.137. The zero-order valence-electron chi connectivity index (χ0n) is 18.3. The molecule has 160 valence electrons. The highest BCUT2D eigenvalue weighted by molar-refractivity contribution is 7.05. The zero-order chi connectivity index (χ0) is 22.4. The molecule has 1 aliphatic rings. The van der Waals surface area contributed by atoms with Crippen molar-refractivity contribution in [3.8, 4) is 0 Å². The molecule has 0 saturated carbocycles. The van der Waals surface area contributed by atoms with Gasteiger partial charge in [0.25, 0.3) is 0 Å². The van der Waals surface area contributed by atoms with Crippen LogP contribution in [0.2, 0.25) is 13.1 Å². The van der Waals surface area contributed by atoms with E-state index in [-0.39, 0.29) is 0 Å². The SMILES string of the molecule is CC1(C)OB(/C=C(/c2ccc(C(F)(F)F)cc2)[Si](C)(C)c2ccccc2)OC1(C)C. The summed E-state index contributed by atoms with van der Waals surface area (Å²) in [4.78, 5) is 0. The Morgan fingerprint density at radius 1 is 0.867 bits per heavy atom. The fourth-order valence-electron chi connectivity index (χ4n) is 3.61. The maximum atomic E-state index is 13.1. The van der Waals surface area contributed by atoms with Crippen molar-refractivity contribution < 1.29 is 22.5 Å². The van der Waals surface area contributed by atoms with Gasteiger partial charge in [-0.25, -0.2) is 0 Å². The number of hydrogen-bond donors (Lipinski definition) is 0. The summed E-state index contributed by atoms with van der Waals surface area (Å²) in [6.07, 6.45) is -4.36. The van der Waals surface area contributed by atoms with Crippen LogP contribution in [0, 0.1) is 0 Å². The monoisotopic (exact) mass is 432 g/mol. The molecule has 1 heterocycles. The number of hydrogen-bond acceptors (Lipinski definition) is 2. The summed E-state index contributed by atoms with van der Waals surface area (Å²) in [6.45, 7) is 12.3. The van der Waals surface area contributed by atoms with Crippen LogP contribution >= 0.6 is 0 Å². The smallest absolute Gasteiger partial charge is 0.400 e. The molecule has 0 N–H and O–H groups in total. The molecular formula is C23H28BF3O2Si. The standard InChI is InChI=1S/C23H28BF3O2Si/c1-21(2)22(3,4)29-24(28-21)16-20(30(5,6)19-10-8-7-9-11-19)17-12-14-18(15-13-17)23(25,26)27/h7-16H,1-6H3/b20-16-. The highest BCUT2D eigenvalue weighted by Crippen LogP contribution is 2.39. The second-order valence-corrected chi connectivity index (χ2v) is 13.6. The fraction of sp³-hybridized carbons (Fsp3) is 0.391. The second kappa shape index (κ2) is 7.70. The number of benzene rings is 2. The minimum absolute atomic E-state index is 0.488. The first kappa shape index (κ1) is 22.8. The van der Waals surface area contributed by atoms with Crippen LogP contribution in [-0.4, -0.2) is 26.4 Å². The summed E-state index contributed by atoms with van der Waals surface area (Å²) in [5.74, 6) is 1.96. The molecule has 0 unspecified atom stereocenters. The van der Waals surface area contributed by atoms with Crippen LogP contribution in [0.3, 0.4) is 0 Å². The Labute approximate surface area is 178 Å². The van der Waals surface area contributed by atoms with Crippen molar-refractivity contribution in [2.24, 2.45) is 0 Å². The van der Waals surface area contributed by atoms with E-state index in [0.717, 1.165) is 22.9 Å². The maximum absolute atomic E-state index is 13.1. The van der Waals surface area contributed by atoms with Crippen LogP contribution in [-0.2, 0) is 15.5 Å². The topological polar surface area (TPSA) is 18.5 Å². The predicted octanol–water partition coefficient (Wildman–Crippen LogP) is 5.88. The Hall–Kier alpha value is -1.83. The molecule has 7 heteroatoms. The van der Waals surface area contributed by atoms with Crippen LogP contribution in [0.1, 0.15) is 38.8 Å². The van der Waals surface area contributed by atoms with E-state index >= 15 is 0 Å². The molecule has 2 nitrogen and oxygen atoms in total. The summed E-state index contributed by atoms with van der Waals surface area (Å²) in [7, 11) is -2.82. The summed E-state index contributed by atoms with van der Waals surface area (Å²) < 4.78 is 51.6. The van der Waals surface area contributed by atoms with Crippen molar-refractivity contribution in [2.45, 2.75) is 58.2 Å². The summed E-state index contributed by atoms with van der Waals surface area (Å²) in [5.41, 5.74) is -0.867. The van der Waals surface area contributed by atoms with Gasteiger partial charge in [-0.3, -0.25) is 0 Å². The van der Waals surface area contributed by atoms with Gasteiger partial charge in [0.1, 0.15) is 8.07 Å². The van der Waals surface area contributed by atoms with Gasteiger partial charge in [0.05, 0.1) is 16.8 Å². The number of alkyl halides is 3.